The number of fused-ring (bicyclic) bond motifs is 1. The molecule has 0 bridgehead atoms. The van der Waals surface area contributed by atoms with Gasteiger partial charge in [-0.15, -0.1) is 0 Å². The average Bonchev–Trinajstić information content (AvgIpc) is 2.45. The van der Waals surface area contributed by atoms with Gasteiger partial charge in [0, 0.05) is 11.8 Å². The van der Waals surface area contributed by atoms with Crippen LogP contribution in [0.3, 0.4) is 0 Å². The van der Waals surface area contributed by atoms with Crippen LogP contribution in [0.1, 0.15) is 27.2 Å². The quantitative estimate of drug-likeness (QED) is 0.788. The van der Waals surface area contributed by atoms with Gasteiger partial charge in [0.15, 0.2) is 0 Å². The molecule has 0 aliphatic heterocycles. The Bertz CT molecular complexity index is 757. The SMILES string of the molecule is Cc1ccc(N=C2C=CC(=O)c3ncccc32)c(C)c1. The van der Waals surface area contributed by atoms with Gasteiger partial charge in [-0.05, 0) is 49.8 Å². The van der Waals surface area contributed by atoms with Gasteiger partial charge < -0.3 is 0 Å². The van der Waals surface area contributed by atoms with Gasteiger partial charge in [-0.3, -0.25) is 9.78 Å². The molecule has 0 fully saturated rings. The molecule has 2 aromatic rings. The van der Waals surface area contributed by atoms with E-state index in [1.165, 1.54) is 11.6 Å². The average molecular weight is 262 g/mol. The highest BCUT2D eigenvalue weighted by Crippen LogP contribution is 2.23. The van der Waals surface area contributed by atoms with Crippen molar-refractivity contribution in [1.29, 1.82) is 0 Å². The molecule has 0 N–H and O–H groups in total. The second-order valence-electron chi connectivity index (χ2n) is 4.88. The highest BCUT2D eigenvalue weighted by Gasteiger charge is 2.18. The van der Waals surface area contributed by atoms with Crippen molar-refractivity contribution in [3.05, 3.63) is 71.1 Å². The van der Waals surface area contributed by atoms with Crippen molar-refractivity contribution in [2.24, 2.45) is 4.99 Å². The number of hydrogen-bond donors (Lipinski definition) is 0. The van der Waals surface area contributed by atoms with Gasteiger partial charge in [0.1, 0.15) is 5.69 Å². The van der Waals surface area contributed by atoms with Crippen molar-refractivity contribution in [2.75, 3.05) is 0 Å². The van der Waals surface area contributed by atoms with Crippen molar-refractivity contribution in [3.63, 3.8) is 0 Å². The fourth-order valence-electron chi connectivity index (χ4n) is 2.29. The van der Waals surface area contributed by atoms with Gasteiger partial charge in [0.25, 0.3) is 0 Å². The predicted octanol–water partition coefficient (Wildman–Crippen LogP) is 3.57. The lowest BCUT2D eigenvalue weighted by atomic mass is 9.99. The van der Waals surface area contributed by atoms with Crippen LogP contribution in [0, 0.1) is 13.8 Å². The number of aliphatic imine (C=N–C) groups is 1. The predicted molar refractivity (Wildman–Crippen MR) is 79.8 cm³/mol. The molecule has 3 nitrogen and oxygen atoms in total. The lowest BCUT2D eigenvalue weighted by Crippen LogP contribution is -2.13. The minimum Gasteiger partial charge on any atom is -0.288 e. The Morgan fingerprint density at radius 1 is 1.10 bits per heavy atom. The van der Waals surface area contributed by atoms with E-state index >= 15 is 0 Å². The molecule has 0 atom stereocenters. The van der Waals surface area contributed by atoms with Gasteiger partial charge in [-0.1, -0.05) is 17.7 Å². The summed E-state index contributed by atoms with van der Waals surface area (Å²) >= 11 is 0. The third-order valence-corrected chi connectivity index (χ3v) is 3.30. The van der Waals surface area contributed by atoms with Crippen molar-refractivity contribution < 1.29 is 4.79 Å². The number of pyridine rings is 1. The Balaban J connectivity index is 2.13. The highest BCUT2D eigenvalue weighted by molar-refractivity contribution is 6.23. The van der Waals surface area contributed by atoms with Crippen molar-refractivity contribution in [1.82, 2.24) is 4.98 Å². The van der Waals surface area contributed by atoms with Gasteiger partial charge in [0.2, 0.25) is 5.78 Å². The van der Waals surface area contributed by atoms with Gasteiger partial charge >= 0.3 is 0 Å². The number of carbonyl (C=O) groups is 1. The number of nitrogens with zero attached hydrogens (tertiary/aromatic N) is 2. The molecule has 0 amide bonds. The molecule has 0 saturated carbocycles. The van der Waals surface area contributed by atoms with Gasteiger partial charge in [0.05, 0.1) is 11.4 Å². The first-order chi connectivity index (χ1) is 9.65. The standard InChI is InChI=1S/C17H14N2O/c1-11-5-6-14(12(2)10-11)19-15-7-8-16(20)17-13(15)4-3-9-18-17/h3-10H,1-2H3. The van der Waals surface area contributed by atoms with Crippen LogP contribution in [0.4, 0.5) is 5.69 Å². The van der Waals surface area contributed by atoms with Crippen LogP contribution in [0.5, 0.6) is 0 Å². The lowest BCUT2D eigenvalue weighted by Gasteiger charge is -2.11. The number of benzene rings is 1. The van der Waals surface area contributed by atoms with Gasteiger partial charge in [-0.2, -0.15) is 0 Å². The van der Waals surface area contributed by atoms with E-state index in [1.807, 2.05) is 31.2 Å². The first-order valence-corrected chi connectivity index (χ1v) is 6.49. The number of hydrogen-bond acceptors (Lipinski definition) is 3. The van der Waals surface area contributed by atoms with E-state index in [4.69, 9.17) is 0 Å². The smallest absolute Gasteiger partial charge is 0.204 e. The summed E-state index contributed by atoms with van der Waals surface area (Å²) in [5, 5.41) is 0. The van der Waals surface area contributed by atoms with E-state index in [9.17, 15) is 4.79 Å². The van der Waals surface area contributed by atoms with Crippen LogP contribution < -0.4 is 0 Å². The minimum atomic E-state index is -0.0693. The summed E-state index contributed by atoms with van der Waals surface area (Å²) in [6.07, 6.45) is 4.91. The molecule has 1 aromatic carbocycles. The Kier molecular flexibility index (Phi) is 3.03. The maximum Gasteiger partial charge on any atom is 0.204 e. The molecular formula is C17H14N2O. The zero-order chi connectivity index (χ0) is 14.1. The van der Waals surface area contributed by atoms with E-state index in [0.29, 0.717) is 5.69 Å². The second-order valence-corrected chi connectivity index (χ2v) is 4.88. The molecule has 1 aliphatic rings. The minimum absolute atomic E-state index is 0.0693. The number of aryl methyl sites for hydroxylation is 2. The number of carbonyl (C=O) groups excluding carboxylic acids is 1. The number of rotatable bonds is 1. The molecule has 20 heavy (non-hydrogen) atoms. The Morgan fingerprint density at radius 3 is 2.75 bits per heavy atom. The maximum absolute atomic E-state index is 11.8. The van der Waals surface area contributed by atoms with Crippen LogP contribution in [0.2, 0.25) is 0 Å². The topological polar surface area (TPSA) is 42.3 Å². The number of ketones is 1. The third-order valence-electron chi connectivity index (χ3n) is 3.30. The summed E-state index contributed by atoms with van der Waals surface area (Å²) in [7, 11) is 0. The van der Waals surface area contributed by atoms with Crippen LogP contribution in [-0.2, 0) is 0 Å². The summed E-state index contributed by atoms with van der Waals surface area (Å²) in [6.45, 7) is 4.09. The largest absolute Gasteiger partial charge is 0.288 e. The molecule has 0 spiro atoms. The number of aromatic nitrogens is 1. The normalized spacial score (nSPS) is 15.5. The Morgan fingerprint density at radius 2 is 1.95 bits per heavy atom. The molecule has 0 saturated heterocycles. The molecular weight excluding hydrogens is 248 g/mol. The maximum atomic E-state index is 11.8. The van der Waals surface area contributed by atoms with E-state index in [2.05, 4.69) is 23.0 Å². The van der Waals surface area contributed by atoms with Crippen molar-refractivity contribution in [3.8, 4) is 0 Å². The summed E-state index contributed by atoms with van der Waals surface area (Å²) in [5.74, 6) is -0.0693. The molecule has 0 unspecified atom stereocenters. The zero-order valence-electron chi connectivity index (χ0n) is 11.4. The molecule has 1 aliphatic carbocycles. The summed E-state index contributed by atoms with van der Waals surface area (Å²) in [4.78, 5) is 20.6. The van der Waals surface area contributed by atoms with E-state index in [0.717, 1.165) is 22.5 Å². The lowest BCUT2D eigenvalue weighted by molar-refractivity contribution is 0.104. The third kappa shape index (κ3) is 2.18. The zero-order valence-corrected chi connectivity index (χ0v) is 11.4. The van der Waals surface area contributed by atoms with E-state index in [-0.39, 0.29) is 5.78 Å². The molecule has 1 aromatic heterocycles. The number of allylic oxidation sites excluding steroid dienone is 2. The van der Waals surface area contributed by atoms with Crippen molar-refractivity contribution in [2.45, 2.75) is 13.8 Å². The molecule has 0 radical (unpaired) electrons. The van der Waals surface area contributed by atoms with Crippen molar-refractivity contribution >= 4 is 17.2 Å². The molecule has 3 rings (SSSR count). The second kappa shape index (κ2) is 4.85. The first-order valence-electron chi connectivity index (χ1n) is 6.49. The Labute approximate surface area is 117 Å². The molecule has 1 heterocycles. The van der Waals surface area contributed by atoms with E-state index in [1.54, 1.807) is 12.3 Å². The van der Waals surface area contributed by atoms with Crippen LogP contribution >= 0.6 is 0 Å². The van der Waals surface area contributed by atoms with E-state index < -0.39 is 0 Å². The fraction of sp³-hybridized carbons (Fsp3) is 0.118. The fourth-order valence-corrected chi connectivity index (χ4v) is 2.29. The van der Waals surface area contributed by atoms with Crippen LogP contribution in [0.25, 0.3) is 0 Å². The highest BCUT2D eigenvalue weighted by atomic mass is 16.1. The van der Waals surface area contributed by atoms with Gasteiger partial charge in [-0.25, -0.2) is 4.99 Å². The first kappa shape index (κ1) is 12.5. The summed E-state index contributed by atoms with van der Waals surface area (Å²) < 4.78 is 0. The summed E-state index contributed by atoms with van der Waals surface area (Å²) in [5.41, 5.74) is 5.29. The van der Waals surface area contributed by atoms with Crippen LogP contribution in [-0.4, -0.2) is 16.5 Å². The molecule has 98 valence electrons. The Hall–Kier alpha value is -2.55. The monoisotopic (exact) mass is 262 g/mol. The summed E-state index contributed by atoms with van der Waals surface area (Å²) in [6, 6.07) is 9.84. The molecule has 3 heteroatoms. The van der Waals surface area contributed by atoms with Crippen LogP contribution in [0.15, 0.2) is 53.7 Å².